The molecule has 0 aromatic heterocycles. The van der Waals surface area contributed by atoms with E-state index in [1.807, 2.05) is 0 Å². The fourth-order valence-corrected chi connectivity index (χ4v) is 0.899. The molecule has 7 nitrogen and oxygen atoms in total. The molecule has 0 aliphatic rings. The minimum atomic E-state index is -1.15. The monoisotopic (exact) mass is 214 g/mol. The lowest BCUT2D eigenvalue weighted by molar-refractivity contribution is -0.758. The second kappa shape index (κ2) is 4.22. The number of halogens is 1. The van der Waals surface area contributed by atoms with Crippen LogP contribution in [0, 0.1) is 21.3 Å². The molecule has 0 aliphatic carbocycles. The van der Waals surface area contributed by atoms with E-state index in [-0.39, 0.29) is 5.69 Å². The van der Waals surface area contributed by atoms with Crippen LogP contribution in [-0.4, -0.2) is 11.0 Å². The molecule has 0 radical (unpaired) electrons. The molecule has 15 heavy (non-hydrogen) atoms. The zero-order valence-corrected chi connectivity index (χ0v) is 7.38. The molecule has 0 fully saturated rings. The molecule has 0 saturated heterocycles. The SMILES string of the molecule is N=C(N)N(O[N+](=O)[O-])c1cccc(F)c1. The first-order valence-corrected chi connectivity index (χ1v) is 3.73. The Morgan fingerprint density at radius 2 is 2.33 bits per heavy atom. The summed E-state index contributed by atoms with van der Waals surface area (Å²) in [5, 5.41) is 16.3. The first kappa shape index (κ1) is 10.7. The Labute approximate surface area is 83.4 Å². The van der Waals surface area contributed by atoms with Crippen LogP contribution < -0.4 is 10.8 Å². The summed E-state index contributed by atoms with van der Waals surface area (Å²) in [7, 11) is 0. The van der Waals surface area contributed by atoms with Gasteiger partial charge in [-0.25, -0.2) is 4.39 Å². The summed E-state index contributed by atoms with van der Waals surface area (Å²) < 4.78 is 12.8. The fourth-order valence-electron chi connectivity index (χ4n) is 0.899. The number of benzene rings is 1. The molecule has 0 aliphatic heterocycles. The molecule has 0 saturated carbocycles. The second-order valence-corrected chi connectivity index (χ2v) is 2.46. The predicted molar refractivity (Wildman–Crippen MR) is 48.9 cm³/mol. The van der Waals surface area contributed by atoms with Crippen molar-refractivity contribution in [3.8, 4) is 0 Å². The number of nitrogens with one attached hydrogen (secondary N) is 1. The third-order valence-electron chi connectivity index (χ3n) is 1.41. The second-order valence-electron chi connectivity index (χ2n) is 2.46. The van der Waals surface area contributed by atoms with Gasteiger partial charge < -0.3 is 5.73 Å². The van der Waals surface area contributed by atoms with Gasteiger partial charge in [-0.2, -0.15) is 4.94 Å². The zero-order valence-electron chi connectivity index (χ0n) is 7.38. The van der Waals surface area contributed by atoms with E-state index in [1.54, 1.807) is 0 Å². The van der Waals surface area contributed by atoms with E-state index < -0.39 is 16.9 Å². The van der Waals surface area contributed by atoms with Gasteiger partial charge in [-0.15, -0.1) is 15.2 Å². The van der Waals surface area contributed by atoms with Crippen molar-refractivity contribution in [1.82, 2.24) is 0 Å². The van der Waals surface area contributed by atoms with E-state index >= 15 is 0 Å². The van der Waals surface area contributed by atoms with Crippen LogP contribution in [0.3, 0.4) is 0 Å². The third-order valence-corrected chi connectivity index (χ3v) is 1.41. The standard InChI is InChI=1S/C7H7FN4O3/c8-5-2-1-3-6(4-5)11(7(9)10)15-12(13)14/h1-4H,(H3,9,10). The number of nitrogens with two attached hydrogens (primary N) is 1. The molecule has 8 heteroatoms. The topological polar surface area (TPSA) is 105 Å². The van der Waals surface area contributed by atoms with Crippen molar-refractivity contribution >= 4 is 11.6 Å². The minimum absolute atomic E-state index is 0.0424. The van der Waals surface area contributed by atoms with E-state index in [0.29, 0.717) is 5.06 Å². The van der Waals surface area contributed by atoms with Gasteiger partial charge >= 0.3 is 5.09 Å². The molecule has 0 unspecified atom stereocenters. The molecule has 3 N–H and O–H groups in total. The van der Waals surface area contributed by atoms with E-state index in [1.165, 1.54) is 12.1 Å². The molecule has 0 amide bonds. The highest BCUT2D eigenvalue weighted by Crippen LogP contribution is 2.15. The lowest BCUT2D eigenvalue weighted by Crippen LogP contribution is -2.38. The quantitative estimate of drug-likeness (QED) is 0.332. The highest BCUT2D eigenvalue weighted by atomic mass is 19.1. The van der Waals surface area contributed by atoms with Crippen LogP contribution in [0.4, 0.5) is 10.1 Å². The Balaban J connectivity index is 2.98. The maximum Gasteiger partial charge on any atom is 0.317 e. The van der Waals surface area contributed by atoms with Crippen LogP contribution in [0.2, 0.25) is 0 Å². The average molecular weight is 214 g/mol. The Morgan fingerprint density at radius 3 is 2.80 bits per heavy atom. The maximum atomic E-state index is 12.8. The van der Waals surface area contributed by atoms with Gasteiger partial charge in [0.25, 0.3) is 0 Å². The van der Waals surface area contributed by atoms with Crippen molar-refractivity contribution in [3.05, 3.63) is 40.2 Å². The summed E-state index contributed by atoms with van der Waals surface area (Å²) in [6.45, 7) is 0. The zero-order chi connectivity index (χ0) is 11.4. The summed E-state index contributed by atoms with van der Waals surface area (Å²) in [6, 6.07) is 4.72. The average Bonchev–Trinajstić information content (AvgIpc) is 2.13. The number of rotatable bonds is 3. The number of hydroxylamine groups is 1. The third kappa shape index (κ3) is 2.79. The van der Waals surface area contributed by atoms with E-state index in [0.717, 1.165) is 12.1 Å². The van der Waals surface area contributed by atoms with Crippen LogP contribution in [0.1, 0.15) is 0 Å². The first-order valence-electron chi connectivity index (χ1n) is 3.73. The van der Waals surface area contributed by atoms with Crippen molar-refractivity contribution in [2.75, 3.05) is 5.06 Å². The summed E-state index contributed by atoms with van der Waals surface area (Å²) in [6.07, 6.45) is 0. The largest absolute Gasteiger partial charge is 0.368 e. The number of hydrogen-bond acceptors (Lipinski definition) is 4. The van der Waals surface area contributed by atoms with Gasteiger partial charge in [-0.3, -0.25) is 5.41 Å². The summed E-state index contributed by atoms with van der Waals surface area (Å²) in [5.74, 6) is -1.34. The van der Waals surface area contributed by atoms with Gasteiger partial charge in [0.2, 0.25) is 5.96 Å². The number of guanidine groups is 1. The lowest BCUT2D eigenvalue weighted by atomic mass is 10.3. The Morgan fingerprint density at radius 1 is 1.67 bits per heavy atom. The van der Waals surface area contributed by atoms with Gasteiger partial charge in [0, 0.05) is 0 Å². The molecule has 0 atom stereocenters. The molecule has 1 rings (SSSR count). The Kier molecular flexibility index (Phi) is 3.01. The number of nitrogens with zero attached hydrogens (tertiary/aromatic N) is 2. The minimum Gasteiger partial charge on any atom is -0.368 e. The van der Waals surface area contributed by atoms with Crippen molar-refractivity contribution in [1.29, 1.82) is 5.41 Å². The van der Waals surface area contributed by atoms with E-state index in [2.05, 4.69) is 4.94 Å². The molecule has 0 heterocycles. The van der Waals surface area contributed by atoms with Crippen molar-refractivity contribution in [2.24, 2.45) is 5.73 Å². The van der Waals surface area contributed by atoms with Crippen LogP contribution in [0.15, 0.2) is 24.3 Å². The normalized spacial score (nSPS) is 9.40. The smallest absolute Gasteiger partial charge is 0.317 e. The van der Waals surface area contributed by atoms with Gasteiger partial charge in [-0.05, 0) is 18.2 Å². The van der Waals surface area contributed by atoms with Crippen molar-refractivity contribution < 1.29 is 14.4 Å². The van der Waals surface area contributed by atoms with Crippen molar-refractivity contribution in [2.45, 2.75) is 0 Å². The van der Waals surface area contributed by atoms with E-state index in [9.17, 15) is 14.5 Å². The predicted octanol–water partition coefficient (Wildman–Crippen LogP) is 0.649. The first-order chi connectivity index (χ1) is 7.00. The molecule has 0 spiro atoms. The van der Waals surface area contributed by atoms with Gasteiger partial charge in [-0.1, -0.05) is 6.07 Å². The number of hydrogen-bond donors (Lipinski definition) is 2. The maximum absolute atomic E-state index is 12.8. The van der Waals surface area contributed by atoms with Gasteiger partial charge in [0.15, 0.2) is 0 Å². The van der Waals surface area contributed by atoms with Crippen LogP contribution in [-0.2, 0) is 4.94 Å². The molecule has 1 aromatic carbocycles. The van der Waals surface area contributed by atoms with E-state index in [4.69, 9.17) is 11.1 Å². The molecule has 1 aromatic rings. The molecule has 0 bridgehead atoms. The summed E-state index contributed by atoms with van der Waals surface area (Å²) in [4.78, 5) is 14.1. The number of anilines is 1. The van der Waals surface area contributed by atoms with Crippen LogP contribution >= 0.6 is 0 Å². The highest BCUT2D eigenvalue weighted by Gasteiger charge is 2.14. The fraction of sp³-hybridized carbons (Fsp3) is 0. The van der Waals surface area contributed by atoms with Crippen LogP contribution in [0.25, 0.3) is 0 Å². The summed E-state index contributed by atoms with van der Waals surface area (Å²) in [5.41, 5.74) is 4.98. The highest BCUT2D eigenvalue weighted by molar-refractivity contribution is 5.90. The summed E-state index contributed by atoms with van der Waals surface area (Å²) >= 11 is 0. The molecular weight excluding hydrogens is 207 g/mol. The van der Waals surface area contributed by atoms with Crippen LogP contribution in [0.5, 0.6) is 0 Å². The van der Waals surface area contributed by atoms with Gasteiger partial charge in [0.05, 0.1) is 5.69 Å². The molecule has 80 valence electrons. The molecular formula is C7H7FN4O3. The Hall–Kier alpha value is -2.38. The van der Waals surface area contributed by atoms with Gasteiger partial charge in [0.1, 0.15) is 5.82 Å². The van der Waals surface area contributed by atoms with Crippen molar-refractivity contribution in [3.63, 3.8) is 0 Å². The lowest BCUT2D eigenvalue weighted by Gasteiger charge is -2.17. The Bertz CT molecular complexity index is 398.